The van der Waals surface area contributed by atoms with Gasteiger partial charge in [0.25, 0.3) is 0 Å². The molecule has 102 valence electrons. The summed E-state index contributed by atoms with van der Waals surface area (Å²) in [7, 11) is 3.52. The Morgan fingerprint density at radius 3 is 2.68 bits per heavy atom. The van der Waals surface area contributed by atoms with Crippen molar-refractivity contribution in [2.75, 3.05) is 14.2 Å². The Labute approximate surface area is 122 Å². The van der Waals surface area contributed by atoms with E-state index in [9.17, 15) is 0 Å². The predicted molar refractivity (Wildman–Crippen MR) is 77.2 cm³/mol. The summed E-state index contributed by atoms with van der Waals surface area (Å²) >= 11 is 12.1. The lowest BCUT2D eigenvalue weighted by atomic mass is 10.0. The van der Waals surface area contributed by atoms with Crippen LogP contribution in [0.5, 0.6) is 5.75 Å². The van der Waals surface area contributed by atoms with Crippen LogP contribution in [0.15, 0.2) is 34.9 Å². The SMILES string of the molecule is CNC(Cc1cc(Cl)ccc1OC)c1ccoc1Cl. The monoisotopic (exact) mass is 299 g/mol. The Bertz CT molecular complexity index is 554. The fourth-order valence-electron chi connectivity index (χ4n) is 2.05. The first-order valence-corrected chi connectivity index (χ1v) is 6.64. The van der Waals surface area contributed by atoms with Crippen LogP contribution in [0.3, 0.4) is 0 Å². The van der Waals surface area contributed by atoms with Gasteiger partial charge in [-0.15, -0.1) is 0 Å². The van der Waals surface area contributed by atoms with E-state index < -0.39 is 0 Å². The molecule has 1 aromatic carbocycles. The molecule has 0 saturated carbocycles. The quantitative estimate of drug-likeness (QED) is 0.902. The van der Waals surface area contributed by atoms with Crippen LogP contribution in [0.25, 0.3) is 0 Å². The van der Waals surface area contributed by atoms with Crippen molar-refractivity contribution in [2.24, 2.45) is 0 Å². The Morgan fingerprint density at radius 2 is 2.11 bits per heavy atom. The van der Waals surface area contributed by atoms with Gasteiger partial charge in [-0.3, -0.25) is 0 Å². The van der Waals surface area contributed by atoms with Crippen LogP contribution in [0, 0.1) is 0 Å². The van der Waals surface area contributed by atoms with Crippen molar-refractivity contribution in [2.45, 2.75) is 12.5 Å². The molecule has 1 N–H and O–H groups in total. The number of likely N-dealkylation sites (N-methyl/N-ethyl adjacent to an activating group) is 1. The maximum atomic E-state index is 6.04. The van der Waals surface area contributed by atoms with Gasteiger partial charge in [0.2, 0.25) is 0 Å². The first-order chi connectivity index (χ1) is 9.15. The smallest absolute Gasteiger partial charge is 0.197 e. The molecule has 0 radical (unpaired) electrons. The highest BCUT2D eigenvalue weighted by atomic mass is 35.5. The molecule has 2 aromatic rings. The number of methoxy groups -OCH3 is 1. The molecule has 5 heteroatoms. The fraction of sp³-hybridized carbons (Fsp3) is 0.286. The molecule has 0 saturated heterocycles. The second-order valence-electron chi connectivity index (χ2n) is 4.15. The summed E-state index contributed by atoms with van der Waals surface area (Å²) in [6.07, 6.45) is 2.29. The van der Waals surface area contributed by atoms with Gasteiger partial charge < -0.3 is 14.5 Å². The number of furan rings is 1. The maximum Gasteiger partial charge on any atom is 0.197 e. The van der Waals surface area contributed by atoms with E-state index in [0.29, 0.717) is 16.7 Å². The lowest BCUT2D eigenvalue weighted by Crippen LogP contribution is -2.19. The van der Waals surface area contributed by atoms with Gasteiger partial charge in [0, 0.05) is 16.6 Å². The molecule has 0 spiro atoms. The van der Waals surface area contributed by atoms with E-state index >= 15 is 0 Å². The van der Waals surface area contributed by atoms with Crippen molar-refractivity contribution in [3.8, 4) is 5.75 Å². The second kappa shape index (κ2) is 6.33. The number of ether oxygens (including phenoxy) is 1. The van der Waals surface area contributed by atoms with Crippen molar-refractivity contribution in [1.29, 1.82) is 0 Å². The highest BCUT2D eigenvalue weighted by Crippen LogP contribution is 2.30. The summed E-state index contributed by atoms with van der Waals surface area (Å²) in [5, 5.41) is 4.31. The molecular formula is C14H15Cl2NO2. The molecule has 2 rings (SSSR count). The normalized spacial score (nSPS) is 12.4. The number of benzene rings is 1. The van der Waals surface area contributed by atoms with Crippen molar-refractivity contribution in [3.63, 3.8) is 0 Å². The van der Waals surface area contributed by atoms with Crippen LogP contribution in [-0.2, 0) is 6.42 Å². The minimum Gasteiger partial charge on any atom is -0.496 e. The van der Waals surface area contributed by atoms with Crippen LogP contribution in [0.2, 0.25) is 10.2 Å². The minimum absolute atomic E-state index is 0.0404. The van der Waals surface area contributed by atoms with Gasteiger partial charge in [0.05, 0.1) is 13.4 Å². The molecule has 0 aliphatic heterocycles. The summed E-state index contributed by atoms with van der Waals surface area (Å²) in [4.78, 5) is 0. The van der Waals surface area contributed by atoms with Gasteiger partial charge in [0.1, 0.15) is 5.75 Å². The summed E-state index contributed by atoms with van der Waals surface area (Å²) in [6, 6.07) is 7.47. The van der Waals surface area contributed by atoms with Gasteiger partial charge >= 0.3 is 0 Å². The fourth-order valence-corrected chi connectivity index (χ4v) is 2.49. The molecule has 0 aliphatic rings. The van der Waals surface area contributed by atoms with Crippen LogP contribution < -0.4 is 10.1 Å². The number of nitrogens with one attached hydrogen (secondary N) is 1. The third kappa shape index (κ3) is 3.24. The number of hydrogen-bond acceptors (Lipinski definition) is 3. The molecule has 1 atom stereocenters. The third-order valence-electron chi connectivity index (χ3n) is 3.04. The van der Waals surface area contributed by atoms with Gasteiger partial charge in [0.15, 0.2) is 5.22 Å². The van der Waals surface area contributed by atoms with E-state index in [1.807, 2.05) is 31.3 Å². The van der Waals surface area contributed by atoms with Crippen molar-refractivity contribution >= 4 is 23.2 Å². The molecule has 0 fully saturated rings. The highest BCUT2D eigenvalue weighted by Gasteiger charge is 2.18. The van der Waals surface area contributed by atoms with Crippen LogP contribution in [0.1, 0.15) is 17.2 Å². The lowest BCUT2D eigenvalue weighted by Gasteiger charge is -2.17. The van der Waals surface area contributed by atoms with Crippen molar-refractivity contribution in [1.82, 2.24) is 5.32 Å². The molecule has 0 aliphatic carbocycles. The molecule has 3 nitrogen and oxygen atoms in total. The van der Waals surface area contributed by atoms with Gasteiger partial charge in [-0.05, 0) is 54.9 Å². The van der Waals surface area contributed by atoms with Crippen molar-refractivity contribution in [3.05, 3.63) is 51.9 Å². The number of halogens is 2. The Kier molecular flexibility index (Phi) is 4.75. The summed E-state index contributed by atoms with van der Waals surface area (Å²) < 4.78 is 10.5. The minimum atomic E-state index is 0.0404. The Balaban J connectivity index is 2.28. The summed E-state index contributed by atoms with van der Waals surface area (Å²) in [6.45, 7) is 0. The summed E-state index contributed by atoms with van der Waals surface area (Å²) in [5.41, 5.74) is 1.94. The predicted octanol–water partition coefficient (Wildman–Crippen LogP) is 4.10. The van der Waals surface area contributed by atoms with E-state index in [0.717, 1.165) is 16.9 Å². The average Bonchev–Trinajstić information content (AvgIpc) is 2.82. The number of rotatable bonds is 5. The lowest BCUT2D eigenvalue weighted by molar-refractivity contribution is 0.406. The molecule has 1 heterocycles. The second-order valence-corrected chi connectivity index (χ2v) is 4.93. The van der Waals surface area contributed by atoms with Gasteiger partial charge in [-0.1, -0.05) is 11.6 Å². The van der Waals surface area contributed by atoms with Crippen LogP contribution >= 0.6 is 23.2 Å². The van der Waals surface area contributed by atoms with Crippen LogP contribution in [-0.4, -0.2) is 14.2 Å². The zero-order chi connectivity index (χ0) is 13.8. The van der Waals surface area contributed by atoms with E-state index in [1.165, 1.54) is 0 Å². The van der Waals surface area contributed by atoms with E-state index in [4.69, 9.17) is 32.4 Å². The van der Waals surface area contributed by atoms with Crippen LogP contribution in [0.4, 0.5) is 0 Å². The largest absolute Gasteiger partial charge is 0.496 e. The molecule has 1 unspecified atom stereocenters. The molecule has 0 amide bonds. The Morgan fingerprint density at radius 1 is 1.32 bits per heavy atom. The van der Waals surface area contributed by atoms with E-state index in [2.05, 4.69) is 5.32 Å². The molecule has 1 aromatic heterocycles. The zero-order valence-corrected chi connectivity index (χ0v) is 12.3. The first kappa shape index (κ1) is 14.3. The maximum absolute atomic E-state index is 6.04. The highest BCUT2D eigenvalue weighted by molar-refractivity contribution is 6.30. The molecule has 0 bridgehead atoms. The number of hydrogen-bond donors (Lipinski definition) is 1. The molecule has 19 heavy (non-hydrogen) atoms. The topological polar surface area (TPSA) is 34.4 Å². The third-order valence-corrected chi connectivity index (χ3v) is 3.58. The standard InChI is InChI=1S/C14H15Cl2NO2/c1-17-12(11-5-6-19-14(11)16)8-9-7-10(15)3-4-13(9)18-2/h3-7,12,17H,8H2,1-2H3. The van der Waals surface area contributed by atoms with Crippen molar-refractivity contribution < 1.29 is 9.15 Å². The Hall–Kier alpha value is -1.16. The van der Waals surface area contributed by atoms with Gasteiger partial charge in [-0.25, -0.2) is 0 Å². The van der Waals surface area contributed by atoms with E-state index in [1.54, 1.807) is 13.4 Å². The zero-order valence-electron chi connectivity index (χ0n) is 10.7. The van der Waals surface area contributed by atoms with E-state index in [-0.39, 0.29) is 6.04 Å². The first-order valence-electron chi connectivity index (χ1n) is 5.88. The molecular weight excluding hydrogens is 285 g/mol. The average molecular weight is 300 g/mol. The summed E-state index contributed by atoms with van der Waals surface area (Å²) in [5.74, 6) is 0.810. The van der Waals surface area contributed by atoms with Gasteiger partial charge in [-0.2, -0.15) is 0 Å².